The van der Waals surface area contributed by atoms with E-state index in [0.717, 1.165) is 19.2 Å². The molecule has 0 saturated heterocycles. The Labute approximate surface area is 206 Å². The molecule has 0 aliphatic rings. The molecular formula is C24H28FNO10. The Hall–Kier alpha value is -3.55. The molecule has 12 heteroatoms. The van der Waals surface area contributed by atoms with Crippen molar-refractivity contribution in [3.05, 3.63) is 59.4 Å². The number of rotatable bonds is 12. The van der Waals surface area contributed by atoms with Gasteiger partial charge in [-0.05, 0) is 41.5 Å². The molecule has 0 heterocycles. The van der Waals surface area contributed by atoms with Gasteiger partial charge in [0.15, 0.2) is 6.10 Å². The Balaban J connectivity index is 2.19. The van der Waals surface area contributed by atoms with Crippen LogP contribution in [0.15, 0.2) is 42.5 Å². The molecule has 11 nitrogen and oxygen atoms in total. The first-order valence-corrected chi connectivity index (χ1v) is 10.5. The maximum Gasteiger partial charge on any atom is 0.337 e. The fraction of sp³-hybridized carbons (Fsp3) is 0.333. The van der Waals surface area contributed by atoms with Gasteiger partial charge in [0.2, 0.25) is 0 Å². The lowest BCUT2D eigenvalue weighted by Gasteiger charge is -2.25. The van der Waals surface area contributed by atoms with Crippen LogP contribution < -0.4 is 15.0 Å². The minimum Gasteiger partial charge on any atom is -0.497 e. The normalized spacial score (nSPS) is 14.8. The summed E-state index contributed by atoms with van der Waals surface area (Å²) in [6, 6.07) is 9.98. The molecule has 0 bridgehead atoms. The number of benzene rings is 2. The number of hydrogen-bond acceptors (Lipinski definition) is 10. The van der Waals surface area contributed by atoms with Gasteiger partial charge in [-0.3, -0.25) is 9.63 Å². The number of nitrogens with one attached hydrogen (secondary N) is 1. The fourth-order valence-electron chi connectivity index (χ4n) is 3.01. The van der Waals surface area contributed by atoms with E-state index in [4.69, 9.17) is 14.3 Å². The maximum absolute atomic E-state index is 13.4. The second-order valence-electron chi connectivity index (χ2n) is 7.47. The van der Waals surface area contributed by atoms with Crippen molar-refractivity contribution in [1.29, 1.82) is 0 Å². The fourth-order valence-corrected chi connectivity index (χ4v) is 3.01. The number of carbonyl (C=O) groups is 2. The zero-order valence-electron chi connectivity index (χ0n) is 19.8. The van der Waals surface area contributed by atoms with Gasteiger partial charge in [0.05, 0.1) is 21.3 Å². The topological polar surface area (TPSA) is 164 Å². The summed E-state index contributed by atoms with van der Waals surface area (Å²) in [5, 5.41) is 39.4. The molecule has 196 valence electrons. The molecule has 0 aromatic heterocycles. The third-order valence-corrected chi connectivity index (χ3v) is 5.01. The highest BCUT2D eigenvalue weighted by molar-refractivity contribution is 6.23. The van der Waals surface area contributed by atoms with Crippen molar-refractivity contribution in [2.24, 2.45) is 0 Å². The lowest BCUT2D eigenvalue weighted by Crippen LogP contribution is -2.49. The monoisotopic (exact) mass is 509 g/mol. The van der Waals surface area contributed by atoms with Gasteiger partial charge >= 0.3 is 5.97 Å². The van der Waals surface area contributed by atoms with Gasteiger partial charge < -0.3 is 34.6 Å². The molecule has 4 atom stereocenters. The van der Waals surface area contributed by atoms with Gasteiger partial charge in [-0.2, -0.15) is 0 Å². The van der Waals surface area contributed by atoms with Crippen molar-refractivity contribution < 1.29 is 53.5 Å². The van der Waals surface area contributed by atoms with Crippen molar-refractivity contribution in [3.63, 3.8) is 0 Å². The number of hydroxylamine groups is 1. The third-order valence-electron chi connectivity index (χ3n) is 5.01. The summed E-state index contributed by atoms with van der Waals surface area (Å²) in [6.07, 6.45) is -6.53. The van der Waals surface area contributed by atoms with Crippen LogP contribution in [0.1, 0.15) is 11.1 Å². The molecule has 4 unspecified atom stereocenters. The van der Waals surface area contributed by atoms with Crippen LogP contribution in [-0.2, 0) is 19.2 Å². The van der Waals surface area contributed by atoms with Crippen LogP contribution in [-0.4, -0.2) is 84.7 Å². The second-order valence-corrected chi connectivity index (χ2v) is 7.47. The molecule has 0 radical (unpaired) electrons. The summed E-state index contributed by atoms with van der Waals surface area (Å²) in [6.45, 7) is -0.721. The predicted molar refractivity (Wildman–Crippen MR) is 124 cm³/mol. The first-order valence-electron chi connectivity index (χ1n) is 10.5. The van der Waals surface area contributed by atoms with E-state index >= 15 is 0 Å². The Morgan fingerprint density at radius 2 is 1.53 bits per heavy atom. The summed E-state index contributed by atoms with van der Waals surface area (Å²) < 4.78 is 28.2. The molecule has 36 heavy (non-hydrogen) atoms. The largest absolute Gasteiger partial charge is 0.497 e. The standard InChI is InChI=1S/C24H28FNO10/c1-33-16-8-13(9-17(11-16)34-2)10-18(14-4-6-15(25)7-5-14)23(31)26-36-12-19(27)20(28)21(29)22(30)24(32)35-3/h4-11,19-22,27-30H,12H2,1-3H3,(H,26,31)/b18-10-. The molecule has 0 spiro atoms. The number of hydrogen-bond donors (Lipinski definition) is 5. The van der Waals surface area contributed by atoms with E-state index in [1.807, 2.05) is 0 Å². The lowest BCUT2D eigenvalue weighted by atomic mass is 10.0. The first-order chi connectivity index (χ1) is 17.1. The average molecular weight is 509 g/mol. The van der Waals surface area contributed by atoms with Crippen molar-refractivity contribution >= 4 is 23.5 Å². The van der Waals surface area contributed by atoms with E-state index in [-0.39, 0.29) is 5.57 Å². The van der Waals surface area contributed by atoms with E-state index in [9.17, 15) is 34.4 Å². The maximum atomic E-state index is 13.4. The van der Waals surface area contributed by atoms with Crippen LogP contribution in [0.2, 0.25) is 0 Å². The number of aliphatic hydroxyl groups is 4. The number of esters is 1. The minimum absolute atomic E-state index is 0.0430. The van der Waals surface area contributed by atoms with Crippen molar-refractivity contribution in [1.82, 2.24) is 5.48 Å². The van der Waals surface area contributed by atoms with Gasteiger partial charge in [0, 0.05) is 11.6 Å². The average Bonchev–Trinajstić information content (AvgIpc) is 2.89. The van der Waals surface area contributed by atoms with Gasteiger partial charge in [0.25, 0.3) is 5.91 Å². The Bertz CT molecular complexity index is 1040. The number of carbonyl (C=O) groups excluding carboxylic acids is 2. The van der Waals surface area contributed by atoms with Crippen LogP contribution in [0.5, 0.6) is 11.5 Å². The van der Waals surface area contributed by atoms with Crippen molar-refractivity contribution in [3.8, 4) is 11.5 Å². The Morgan fingerprint density at radius 1 is 0.944 bits per heavy atom. The van der Waals surface area contributed by atoms with Crippen molar-refractivity contribution in [2.45, 2.75) is 24.4 Å². The zero-order valence-corrected chi connectivity index (χ0v) is 19.8. The highest BCUT2D eigenvalue weighted by Crippen LogP contribution is 2.26. The van der Waals surface area contributed by atoms with E-state index < -0.39 is 48.7 Å². The zero-order chi connectivity index (χ0) is 26.8. The summed E-state index contributed by atoms with van der Waals surface area (Å²) in [5.41, 5.74) is 2.97. The van der Waals surface area contributed by atoms with E-state index in [2.05, 4.69) is 10.2 Å². The number of aliphatic hydroxyl groups excluding tert-OH is 4. The Morgan fingerprint density at radius 3 is 2.06 bits per heavy atom. The minimum atomic E-state index is -2.11. The predicted octanol–water partition coefficient (Wildman–Crippen LogP) is 0.0479. The highest BCUT2D eigenvalue weighted by Gasteiger charge is 2.35. The molecule has 5 N–H and O–H groups in total. The van der Waals surface area contributed by atoms with Gasteiger partial charge in [0.1, 0.15) is 42.2 Å². The second kappa shape index (κ2) is 13.5. The SMILES string of the molecule is COC(=O)C(O)C(O)C(O)C(O)CONC(=O)/C(=C\c1cc(OC)cc(OC)c1)c1ccc(F)cc1. The molecule has 0 saturated carbocycles. The van der Waals surface area contributed by atoms with Crippen LogP contribution >= 0.6 is 0 Å². The molecule has 1 amide bonds. The number of methoxy groups -OCH3 is 3. The van der Waals surface area contributed by atoms with E-state index in [0.29, 0.717) is 22.6 Å². The smallest absolute Gasteiger partial charge is 0.337 e. The quantitative estimate of drug-likeness (QED) is 0.114. The molecule has 0 aliphatic carbocycles. The summed E-state index contributed by atoms with van der Waals surface area (Å²) in [7, 11) is 3.89. The van der Waals surface area contributed by atoms with Gasteiger partial charge in [-0.1, -0.05) is 12.1 Å². The highest BCUT2D eigenvalue weighted by atomic mass is 19.1. The third kappa shape index (κ3) is 7.73. The van der Waals surface area contributed by atoms with E-state index in [1.54, 1.807) is 18.2 Å². The molecule has 0 fully saturated rings. The molecule has 2 rings (SSSR count). The van der Waals surface area contributed by atoms with Crippen LogP contribution in [0.25, 0.3) is 11.6 Å². The van der Waals surface area contributed by atoms with E-state index in [1.165, 1.54) is 32.4 Å². The number of ether oxygens (including phenoxy) is 3. The summed E-state index contributed by atoms with van der Waals surface area (Å²) >= 11 is 0. The summed E-state index contributed by atoms with van der Waals surface area (Å²) in [5.74, 6) is -1.60. The molecule has 2 aromatic rings. The molecular weight excluding hydrogens is 481 g/mol. The lowest BCUT2D eigenvalue weighted by molar-refractivity contribution is -0.170. The number of amides is 1. The summed E-state index contributed by atoms with van der Waals surface area (Å²) in [4.78, 5) is 29.2. The van der Waals surface area contributed by atoms with Crippen molar-refractivity contribution in [2.75, 3.05) is 27.9 Å². The molecule has 0 aliphatic heterocycles. The van der Waals surface area contributed by atoms with Crippen LogP contribution in [0.4, 0.5) is 4.39 Å². The Kier molecular flexibility index (Phi) is 10.8. The number of halogens is 1. The van der Waals surface area contributed by atoms with Gasteiger partial charge in [-0.25, -0.2) is 14.7 Å². The first kappa shape index (κ1) is 28.7. The van der Waals surface area contributed by atoms with Crippen LogP contribution in [0.3, 0.4) is 0 Å². The van der Waals surface area contributed by atoms with Crippen LogP contribution in [0, 0.1) is 5.82 Å². The van der Waals surface area contributed by atoms with Gasteiger partial charge in [-0.15, -0.1) is 0 Å². The molecule has 2 aromatic carbocycles.